The minimum Gasteiger partial charge on any atom is -0.325 e. The van der Waals surface area contributed by atoms with E-state index in [0.717, 1.165) is 17.1 Å². The van der Waals surface area contributed by atoms with Crippen LogP contribution in [0.3, 0.4) is 0 Å². The number of halogens is 1. The lowest BCUT2D eigenvalue weighted by Gasteiger charge is -2.03. The first-order chi connectivity index (χ1) is 7.16. The normalized spacial score (nSPS) is 10.3. The zero-order valence-corrected chi connectivity index (χ0v) is 9.13. The van der Waals surface area contributed by atoms with Crippen molar-refractivity contribution in [2.45, 2.75) is 13.8 Å². The highest BCUT2D eigenvalue weighted by atomic mass is 35.5. The van der Waals surface area contributed by atoms with Crippen LogP contribution < -0.4 is 5.32 Å². The molecule has 2 aromatic heterocycles. The average molecular weight is 224 g/mol. The zero-order chi connectivity index (χ0) is 10.8. The van der Waals surface area contributed by atoms with Gasteiger partial charge >= 0.3 is 0 Å². The molecule has 78 valence electrons. The van der Waals surface area contributed by atoms with Crippen LogP contribution in [0.4, 0.5) is 11.6 Å². The highest BCUT2D eigenvalue weighted by molar-refractivity contribution is 6.28. The van der Waals surface area contributed by atoms with Crippen molar-refractivity contribution in [3.05, 3.63) is 28.8 Å². The van der Waals surface area contributed by atoms with E-state index < -0.39 is 0 Å². The summed E-state index contributed by atoms with van der Waals surface area (Å²) in [7, 11) is 0. The average Bonchev–Trinajstić information content (AvgIpc) is 2.50. The molecule has 6 heteroatoms. The highest BCUT2D eigenvalue weighted by Crippen LogP contribution is 2.18. The van der Waals surface area contributed by atoms with E-state index in [9.17, 15) is 0 Å². The SMILES string of the molecule is Cc1n[nH]c(Nc2ccnc(Cl)n2)c1C. The Hall–Kier alpha value is -1.62. The minimum atomic E-state index is 0.217. The van der Waals surface area contributed by atoms with Crippen LogP contribution in [0, 0.1) is 13.8 Å². The maximum atomic E-state index is 5.67. The van der Waals surface area contributed by atoms with Gasteiger partial charge in [0.05, 0.1) is 5.69 Å². The maximum Gasteiger partial charge on any atom is 0.224 e. The molecule has 2 heterocycles. The topological polar surface area (TPSA) is 66.5 Å². The maximum absolute atomic E-state index is 5.67. The van der Waals surface area contributed by atoms with Crippen molar-refractivity contribution >= 4 is 23.2 Å². The van der Waals surface area contributed by atoms with Gasteiger partial charge in [0.2, 0.25) is 5.28 Å². The van der Waals surface area contributed by atoms with Crippen LogP contribution >= 0.6 is 11.6 Å². The van der Waals surface area contributed by atoms with Gasteiger partial charge in [0.15, 0.2) is 0 Å². The Morgan fingerprint density at radius 2 is 2.20 bits per heavy atom. The van der Waals surface area contributed by atoms with Gasteiger partial charge in [-0.25, -0.2) is 9.97 Å². The molecule has 15 heavy (non-hydrogen) atoms. The van der Waals surface area contributed by atoms with Crippen LogP contribution in [-0.4, -0.2) is 20.2 Å². The first-order valence-electron chi connectivity index (χ1n) is 4.44. The quantitative estimate of drug-likeness (QED) is 0.767. The van der Waals surface area contributed by atoms with Gasteiger partial charge in [-0.15, -0.1) is 0 Å². The summed E-state index contributed by atoms with van der Waals surface area (Å²) in [4.78, 5) is 7.81. The van der Waals surface area contributed by atoms with Crippen LogP contribution in [0.5, 0.6) is 0 Å². The van der Waals surface area contributed by atoms with Gasteiger partial charge in [-0.05, 0) is 31.5 Å². The monoisotopic (exact) mass is 223 g/mol. The molecule has 2 aromatic rings. The summed E-state index contributed by atoms with van der Waals surface area (Å²) in [5.41, 5.74) is 2.02. The van der Waals surface area contributed by atoms with E-state index in [0.29, 0.717) is 5.82 Å². The van der Waals surface area contributed by atoms with Gasteiger partial charge in [0, 0.05) is 11.8 Å². The molecule has 0 saturated carbocycles. The van der Waals surface area contributed by atoms with Gasteiger partial charge < -0.3 is 5.32 Å². The third-order valence-electron chi connectivity index (χ3n) is 2.13. The minimum absolute atomic E-state index is 0.217. The van der Waals surface area contributed by atoms with Crippen LogP contribution in [0.1, 0.15) is 11.3 Å². The van der Waals surface area contributed by atoms with E-state index >= 15 is 0 Å². The highest BCUT2D eigenvalue weighted by Gasteiger charge is 2.05. The van der Waals surface area contributed by atoms with Crippen molar-refractivity contribution in [2.24, 2.45) is 0 Å². The standard InChI is InChI=1S/C9H10ClN5/c1-5-6(2)14-15-8(5)12-7-3-4-11-9(10)13-7/h3-4H,1-2H3,(H2,11,12,13,14,15). The Balaban J connectivity index is 2.26. The van der Waals surface area contributed by atoms with Crippen molar-refractivity contribution in [1.82, 2.24) is 20.2 Å². The Bertz CT molecular complexity index is 479. The summed E-state index contributed by atoms with van der Waals surface area (Å²) < 4.78 is 0. The number of aromatic nitrogens is 4. The number of hydrogen-bond donors (Lipinski definition) is 2. The van der Waals surface area contributed by atoms with Gasteiger partial charge in [-0.3, -0.25) is 5.10 Å². The molecule has 2 rings (SSSR count). The molecule has 0 aliphatic carbocycles. The van der Waals surface area contributed by atoms with Crippen molar-refractivity contribution in [1.29, 1.82) is 0 Å². The summed E-state index contributed by atoms with van der Waals surface area (Å²) >= 11 is 5.67. The smallest absolute Gasteiger partial charge is 0.224 e. The Kier molecular flexibility index (Phi) is 2.55. The second kappa shape index (κ2) is 3.86. The van der Waals surface area contributed by atoms with E-state index in [1.165, 1.54) is 0 Å². The Morgan fingerprint density at radius 1 is 1.40 bits per heavy atom. The van der Waals surface area contributed by atoms with E-state index in [1.807, 2.05) is 13.8 Å². The van der Waals surface area contributed by atoms with E-state index in [-0.39, 0.29) is 5.28 Å². The zero-order valence-electron chi connectivity index (χ0n) is 8.37. The summed E-state index contributed by atoms with van der Waals surface area (Å²) in [5, 5.41) is 10.2. The molecule has 0 aliphatic heterocycles. The van der Waals surface area contributed by atoms with Crippen molar-refractivity contribution in [2.75, 3.05) is 5.32 Å². The number of rotatable bonds is 2. The summed E-state index contributed by atoms with van der Waals surface area (Å²) in [6.45, 7) is 3.91. The molecule has 0 aromatic carbocycles. The van der Waals surface area contributed by atoms with E-state index in [2.05, 4.69) is 25.5 Å². The van der Waals surface area contributed by atoms with Crippen LogP contribution in [0.25, 0.3) is 0 Å². The van der Waals surface area contributed by atoms with Crippen molar-refractivity contribution < 1.29 is 0 Å². The molecule has 0 amide bonds. The number of nitrogens with zero attached hydrogens (tertiary/aromatic N) is 3. The fourth-order valence-corrected chi connectivity index (χ4v) is 1.29. The predicted octanol–water partition coefficient (Wildman–Crippen LogP) is 2.21. The molecular formula is C9H10ClN5. The Labute approximate surface area is 91.9 Å². The number of aryl methyl sites for hydroxylation is 1. The largest absolute Gasteiger partial charge is 0.325 e. The molecule has 5 nitrogen and oxygen atoms in total. The third-order valence-corrected chi connectivity index (χ3v) is 2.31. The molecule has 0 unspecified atom stereocenters. The molecule has 2 N–H and O–H groups in total. The predicted molar refractivity (Wildman–Crippen MR) is 58.4 cm³/mol. The fraction of sp³-hybridized carbons (Fsp3) is 0.222. The second-order valence-electron chi connectivity index (χ2n) is 3.14. The van der Waals surface area contributed by atoms with Gasteiger partial charge in [-0.1, -0.05) is 0 Å². The number of nitrogens with one attached hydrogen (secondary N) is 2. The summed E-state index contributed by atoms with van der Waals surface area (Å²) in [5.74, 6) is 1.46. The van der Waals surface area contributed by atoms with Gasteiger partial charge in [0.1, 0.15) is 11.6 Å². The van der Waals surface area contributed by atoms with Gasteiger partial charge in [-0.2, -0.15) is 5.10 Å². The van der Waals surface area contributed by atoms with Crippen LogP contribution in [-0.2, 0) is 0 Å². The van der Waals surface area contributed by atoms with Gasteiger partial charge in [0.25, 0.3) is 0 Å². The number of hydrogen-bond acceptors (Lipinski definition) is 4. The van der Waals surface area contributed by atoms with Crippen LogP contribution in [0.15, 0.2) is 12.3 Å². The van der Waals surface area contributed by atoms with Crippen LogP contribution in [0.2, 0.25) is 5.28 Å². The lowest BCUT2D eigenvalue weighted by atomic mass is 10.3. The first kappa shape index (κ1) is 9.92. The summed E-state index contributed by atoms with van der Waals surface area (Å²) in [6, 6.07) is 1.74. The molecule has 0 saturated heterocycles. The number of anilines is 2. The summed E-state index contributed by atoms with van der Waals surface area (Å²) in [6.07, 6.45) is 1.59. The number of H-pyrrole nitrogens is 1. The van der Waals surface area contributed by atoms with E-state index in [1.54, 1.807) is 12.3 Å². The van der Waals surface area contributed by atoms with Crippen molar-refractivity contribution in [3.8, 4) is 0 Å². The fourth-order valence-electron chi connectivity index (χ4n) is 1.14. The molecule has 0 radical (unpaired) electrons. The third kappa shape index (κ3) is 2.07. The molecule has 0 bridgehead atoms. The molecule has 0 fully saturated rings. The second-order valence-corrected chi connectivity index (χ2v) is 3.48. The molecular weight excluding hydrogens is 214 g/mol. The molecule has 0 spiro atoms. The first-order valence-corrected chi connectivity index (χ1v) is 4.82. The number of aromatic amines is 1. The lowest BCUT2D eigenvalue weighted by Crippen LogP contribution is -1.96. The van der Waals surface area contributed by atoms with Crippen molar-refractivity contribution in [3.63, 3.8) is 0 Å². The lowest BCUT2D eigenvalue weighted by molar-refractivity contribution is 1.04. The van der Waals surface area contributed by atoms with E-state index in [4.69, 9.17) is 11.6 Å². The molecule has 0 atom stereocenters. The Morgan fingerprint density at radius 3 is 2.80 bits per heavy atom. The molecule has 0 aliphatic rings.